The minimum Gasteiger partial charge on any atom is -0.477 e. The van der Waals surface area contributed by atoms with E-state index in [4.69, 9.17) is 14.6 Å². The molecule has 1 aliphatic heterocycles. The number of nitrogens with one attached hydrogen (secondary N) is 1. The summed E-state index contributed by atoms with van der Waals surface area (Å²) in [6, 6.07) is 3.24. The van der Waals surface area contributed by atoms with E-state index in [2.05, 4.69) is 5.32 Å². The fourth-order valence-corrected chi connectivity index (χ4v) is 1.89. The van der Waals surface area contributed by atoms with Crippen LogP contribution in [0.5, 0.6) is 0 Å². The van der Waals surface area contributed by atoms with Crippen LogP contribution in [0.15, 0.2) is 30.0 Å². The van der Waals surface area contributed by atoms with Crippen molar-refractivity contribution in [2.75, 3.05) is 5.32 Å². The first-order valence-electron chi connectivity index (χ1n) is 6.56. The van der Waals surface area contributed by atoms with E-state index in [1.54, 1.807) is 0 Å². The van der Waals surface area contributed by atoms with Crippen LogP contribution >= 0.6 is 0 Å². The zero-order chi connectivity index (χ0) is 18.1. The third kappa shape index (κ3) is 3.48. The summed E-state index contributed by atoms with van der Waals surface area (Å²) in [6.45, 7) is 2.78. The molecule has 0 radical (unpaired) electrons. The highest BCUT2D eigenvalue weighted by molar-refractivity contribution is 6.15. The molecule has 0 aromatic heterocycles. The SMILES string of the molecule is CC1(C)OC(=O)C(=CNc2ccc(C(=O)O)c([N+](=O)[O-])c2)C(=O)O1. The minimum atomic E-state index is -1.45. The summed E-state index contributed by atoms with van der Waals surface area (Å²) >= 11 is 0. The molecule has 0 spiro atoms. The standard InChI is InChI=1S/C14H12N2O8/c1-14(2)23-12(19)9(13(20)24-14)6-15-7-3-4-8(11(17)18)10(5-7)16(21)22/h3-6,15H,1-2H3,(H,17,18). The van der Waals surface area contributed by atoms with Crippen LogP contribution in [0.3, 0.4) is 0 Å². The van der Waals surface area contributed by atoms with Crippen molar-refractivity contribution < 1.29 is 33.9 Å². The van der Waals surface area contributed by atoms with E-state index in [0.29, 0.717) is 0 Å². The number of cyclic esters (lactones) is 2. The van der Waals surface area contributed by atoms with Gasteiger partial charge in [-0.3, -0.25) is 10.1 Å². The van der Waals surface area contributed by atoms with Crippen molar-refractivity contribution in [3.05, 3.63) is 45.6 Å². The fraction of sp³-hybridized carbons (Fsp3) is 0.214. The van der Waals surface area contributed by atoms with Gasteiger partial charge in [0.1, 0.15) is 5.56 Å². The highest BCUT2D eigenvalue weighted by Gasteiger charge is 2.39. The number of aromatic carboxylic acids is 1. The van der Waals surface area contributed by atoms with Gasteiger partial charge in [0.25, 0.3) is 11.5 Å². The van der Waals surface area contributed by atoms with Crippen molar-refractivity contribution in [2.45, 2.75) is 19.6 Å². The van der Waals surface area contributed by atoms with Crippen molar-refractivity contribution >= 4 is 29.3 Å². The van der Waals surface area contributed by atoms with Crippen molar-refractivity contribution in [3.63, 3.8) is 0 Å². The molecule has 1 fully saturated rings. The Kier molecular flexibility index (Phi) is 4.22. The summed E-state index contributed by atoms with van der Waals surface area (Å²) in [5, 5.41) is 22.3. The third-order valence-corrected chi connectivity index (χ3v) is 2.92. The molecule has 126 valence electrons. The lowest BCUT2D eigenvalue weighted by Crippen LogP contribution is -2.42. The number of ether oxygens (including phenoxy) is 2. The fourth-order valence-electron chi connectivity index (χ4n) is 1.89. The van der Waals surface area contributed by atoms with E-state index < -0.39 is 45.4 Å². The average molecular weight is 336 g/mol. The number of nitro benzene ring substituents is 1. The molecule has 1 aliphatic rings. The van der Waals surface area contributed by atoms with E-state index in [9.17, 15) is 24.5 Å². The van der Waals surface area contributed by atoms with Gasteiger partial charge in [-0.05, 0) is 12.1 Å². The Bertz CT molecular complexity index is 759. The topological polar surface area (TPSA) is 145 Å². The first-order valence-corrected chi connectivity index (χ1v) is 6.56. The number of nitrogens with zero attached hydrogens (tertiary/aromatic N) is 1. The molecule has 2 rings (SSSR count). The van der Waals surface area contributed by atoms with E-state index in [1.807, 2.05) is 0 Å². The number of hydrogen-bond donors (Lipinski definition) is 2. The molecule has 10 heteroatoms. The molecule has 0 atom stereocenters. The number of carboxylic acids is 1. The number of rotatable bonds is 4. The van der Waals surface area contributed by atoms with Gasteiger partial charge in [0.2, 0.25) is 0 Å². The Morgan fingerprint density at radius 1 is 1.29 bits per heavy atom. The zero-order valence-electron chi connectivity index (χ0n) is 12.6. The highest BCUT2D eigenvalue weighted by Crippen LogP contribution is 2.25. The number of carbonyl (C=O) groups is 3. The predicted molar refractivity (Wildman–Crippen MR) is 78.0 cm³/mol. The van der Waals surface area contributed by atoms with Crippen molar-refractivity contribution in [2.24, 2.45) is 0 Å². The van der Waals surface area contributed by atoms with Gasteiger partial charge in [0.05, 0.1) is 4.92 Å². The van der Waals surface area contributed by atoms with E-state index in [1.165, 1.54) is 19.9 Å². The Labute approximate surface area is 134 Å². The summed E-state index contributed by atoms with van der Waals surface area (Å²) < 4.78 is 9.76. The second kappa shape index (κ2) is 5.99. The third-order valence-electron chi connectivity index (χ3n) is 2.92. The molecule has 1 aromatic carbocycles. The summed E-state index contributed by atoms with van der Waals surface area (Å²) in [6.07, 6.45) is 0.972. The largest absolute Gasteiger partial charge is 0.477 e. The van der Waals surface area contributed by atoms with Gasteiger partial charge >= 0.3 is 17.9 Å². The van der Waals surface area contributed by atoms with Crippen LogP contribution in [-0.2, 0) is 19.1 Å². The molecule has 1 heterocycles. The van der Waals surface area contributed by atoms with Gasteiger partial charge in [0.15, 0.2) is 5.57 Å². The number of carbonyl (C=O) groups excluding carboxylic acids is 2. The molecule has 0 aliphatic carbocycles. The van der Waals surface area contributed by atoms with Gasteiger partial charge in [-0.2, -0.15) is 0 Å². The number of nitro groups is 1. The average Bonchev–Trinajstić information content (AvgIpc) is 2.44. The van der Waals surface area contributed by atoms with Crippen LogP contribution in [-0.4, -0.2) is 33.7 Å². The maximum Gasteiger partial charge on any atom is 0.350 e. The van der Waals surface area contributed by atoms with Crippen molar-refractivity contribution in [3.8, 4) is 0 Å². The van der Waals surface area contributed by atoms with Gasteiger partial charge in [0, 0.05) is 31.8 Å². The zero-order valence-corrected chi connectivity index (χ0v) is 12.6. The molecule has 2 N–H and O–H groups in total. The highest BCUT2D eigenvalue weighted by atomic mass is 16.7. The second-order valence-electron chi connectivity index (χ2n) is 5.18. The first kappa shape index (κ1) is 16.9. The minimum absolute atomic E-state index is 0.102. The van der Waals surface area contributed by atoms with Gasteiger partial charge in [-0.25, -0.2) is 14.4 Å². The molecule has 0 unspecified atom stereocenters. The first-order chi connectivity index (χ1) is 11.1. The lowest BCUT2D eigenvalue weighted by Gasteiger charge is -2.29. The Morgan fingerprint density at radius 3 is 2.38 bits per heavy atom. The van der Waals surface area contributed by atoms with Crippen LogP contribution in [0, 0.1) is 10.1 Å². The number of anilines is 1. The smallest absolute Gasteiger partial charge is 0.350 e. The summed E-state index contributed by atoms with van der Waals surface area (Å²) in [5.41, 5.74) is -1.46. The Hall–Kier alpha value is -3.43. The molecule has 24 heavy (non-hydrogen) atoms. The molecule has 10 nitrogen and oxygen atoms in total. The summed E-state index contributed by atoms with van der Waals surface area (Å²) in [5.74, 6) is -4.66. The van der Waals surface area contributed by atoms with Crippen molar-refractivity contribution in [1.82, 2.24) is 0 Å². The quantitative estimate of drug-likeness (QED) is 0.274. The van der Waals surface area contributed by atoms with Crippen LogP contribution in [0.1, 0.15) is 24.2 Å². The number of hydrogen-bond acceptors (Lipinski definition) is 8. The lowest BCUT2D eigenvalue weighted by molar-refractivity contribution is -0.385. The van der Waals surface area contributed by atoms with E-state index in [-0.39, 0.29) is 5.69 Å². The molecule has 1 saturated heterocycles. The van der Waals surface area contributed by atoms with Crippen LogP contribution < -0.4 is 5.32 Å². The molecule has 0 saturated carbocycles. The molecular weight excluding hydrogens is 324 g/mol. The molecule has 0 amide bonds. The molecule has 1 aromatic rings. The van der Waals surface area contributed by atoms with E-state index in [0.717, 1.165) is 18.3 Å². The van der Waals surface area contributed by atoms with Crippen LogP contribution in [0.25, 0.3) is 0 Å². The maximum atomic E-state index is 11.7. The molecule has 0 bridgehead atoms. The van der Waals surface area contributed by atoms with Gasteiger partial charge < -0.3 is 19.9 Å². The second-order valence-corrected chi connectivity index (χ2v) is 5.18. The van der Waals surface area contributed by atoms with Gasteiger partial charge in [-0.1, -0.05) is 0 Å². The monoisotopic (exact) mass is 336 g/mol. The van der Waals surface area contributed by atoms with E-state index >= 15 is 0 Å². The number of carboxylic acid groups (broad SMARTS) is 1. The maximum absolute atomic E-state index is 11.7. The Morgan fingerprint density at radius 2 is 1.88 bits per heavy atom. The normalized spacial score (nSPS) is 16.0. The predicted octanol–water partition coefficient (Wildman–Crippen LogP) is 1.42. The van der Waals surface area contributed by atoms with Crippen LogP contribution in [0.4, 0.5) is 11.4 Å². The number of esters is 2. The number of benzene rings is 1. The van der Waals surface area contributed by atoms with Crippen LogP contribution in [0.2, 0.25) is 0 Å². The molecular formula is C14H12N2O8. The summed E-state index contributed by atoms with van der Waals surface area (Å²) in [4.78, 5) is 44.5. The van der Waals surface area contributed by atoms with Crippen molar-refractivity contribution in [1.29, 1.82) is 0 Å². The summed E-state index contributed by atoms with van der Waals surface area (Å²) in [7, 11) is 0. The Balaban J connectivity index is 2.27. The lowest BCUT2D eigenvalue weighted by atomic mass is 10.1. The van der Waals surface area contributed by atoms with Gasteiger partial charge in [-0.15, -0.1) is 0 Å².